The molecule has 0 atom stereocenters. The van der Waals surface area contributed by atoms with Gasteiger partial charge in [0, 0.05) is 17.1 Å². The number of methoxy groups -OCH3 is 1. The number of nitrogens with two attached hydrogens (primary N) is 1. The number of ether oxygens (including phenoxy) is 1. The highest BCUT2D eigenvalue weighted by molar-refractivity contribution is 9.10. The number of benzene rings is 1. The molecular weight excluding hydrogens is 242 g/mol. The minimum Gasteiger partial charge on any atom is -0.380 e. The summed E-state index contributed by atoms with van der Waals surface area (Å²) in [7, 11) is 1.71. The average Bonchev–Trinajstić information content (AvgIpc) is 2.85. The third-order valence-corrected chi connectivity index (χ3v) is 3.19. The van der Waals surface area contributed by atoms with Gasteiger partial charge in [-0.05, 0) is 36.1 Å². The molecule has 1 saturated carbocycles. The molecule has 0 spiro atoms. The summed E-state index contributed by atoms with van der Waals surface area (Å²) < 4.78 is 6.25. The minimum atomic E-state index is -0.0748. The first-order valence-electron chi connectivity index (χ1n) is 4.72. The molecule has 14 heavy (non-hydrogen) atoms. The van der Waals surface area contributed by atoms with Crippen molar-refractivity contribution in [1.82, 2.24) is 0 Å². The predicted octanol–water partition coefficient (Wildman–Crippen LogP) is 2.54. The lowest BCUT2D eigenvalue weighted by Gasteiger charge is -2.15. The van der Waals surface area contributed by atoms with E-state index in [-0.39, 0.29) is 5.54 Å². The molecule has 0 aliphatic heterocycles. The van der Waals surface area contributed by atoms with Gasteiger partial charge in [0.2, 0.25) is 0 Å². The first-order chi connectivity index (χ1) is 6.65. The molecular formula is C11H14BrNO. The van der Waals surface area contributed by atoms with Gasteiger partial charge in [-0.2, -0.15) is 0 Å². The number of hydrogen-bond donors (Lipinski definition) is 1. The van der Waals surface area contributed by atoms with Gasteiger partial charge in [-0.15, -0.1) is 0 Å². The van der Waals surface area contributed by atoms with Crippen LogP contribution in [0.2, 0.25) is 0 Å². The van der Waals surface area contributed by atoms with Gasteiger partial charge in [-0.25, -0.2) is 0 Å². The number of halogens is 1. The van der Waals surface area contributed by atoms with Gasteiger partial charge in [0.1, 0.15) is 0 Å². The van der Waals surface area contributed by atoms with Crippen LogP contribution in [0, 0.1) is 0 Å². The molecule has 0 amide bonds. The Hall–Kier alpha value is -0.380. The van der Waals surface area contributed by atoms with Gasteiger partial charge >= 0.3 is 0 Å². The van der Waals surface area contributed by atoms with Gasteiger partial charge < -0.3 is 10.5 Å². The van der Waals surface area contributed by atoms with E-state index in [1.165, 1.54) is 11.1 Å². The quantitative estimate of drug-likeness (QED) is 0.901. The summed E-state index contributed by atoms with van der Waals surface area (Å²) in [5.74, 6) is 0. The largest absolute Gasteiger partial charge is 0.380 e. The van der Waals surface area contributed by atoms with E-state index in [0.717, 1.165) is 17.3 Å². The molecule has 2 rings (SSSR count). The van der Waals surface area contributed by atoms with Gasteiger partial charge in [0.25, 0.3) is 0 Å². The molecule has 3 heteroatoms. The second-order valence-electron chi connectivity index (χ2n) is 3.89. The maximum absolute atomic E-state index is 6.18. The van der Waals surface area contributed by atoms with Crippen molar-refractivity contribution >= 4 is 15.9 Å². The number of hydrogen-bond acceptors (Lipinski definition) is 2. The zero-order chi connectivity index (χ0) is 10.2. The van der Waals surface area contributed by atoms with Gasteiger partial charge in [0.05, 0.1) is 6.61 Å². The molecule has 0 radical (unpaired) electrons. The smallest absolute Gasteiger partial charge is 0.0716 e. The van der Waals surface area contributed by atoms with Crippen LogP contribution in [0.25, 0.3) is 0 Å². The molecule has 2 nitrogen and oxygen atoms in total. The zero-order valence-electron chi connectivity index (χ0n) is 8.22. The van der Waals surface area contributed by atoms with Crippen molar-refractivity contribution in [2.75, 3.05) is 7.11 Å². The lowest BCUT2D eigenvalue weighted by molar-refractivity contribution is 0.183. The lowest BCUT2D eigenvalue weighted by Crippen LogP contribution is -2.20. The third kappa shape index (κ3) is 1.85. The van der Waals surface area contributed by atoms with Crippen molar-refractivity contribution in [1.29, 1.82) is 0 Å². The van der Waals surface area contributed by atoms with Crippen LogP contribution in [0.1, 0.15) is 24.0 Å². The minimum absolute atomic E-state index is 0.0748. The molecule has 1 aliphatic carbocycles. The van der Waals surface area contributed by atoms with Crippen LogP contribution in [0.3, 0.4) is 0 Å². The molecule has 1 fully saturated rings. The van der Waals surface area contributed by atoms with Crippen LogP contribution in [-0.4, -0.2) is 7.11 Å². The van der Waals surface area contributed by atoms with Crippen LogP contribution in [-0.2, 0) is 16.9 Å². The fourth-order valence-corrected chi connectivity index (χ4v) is 2.14. The summed E-state index contributed by atoms with van der Waals surface area (Å²) in [5, 5.41) is 0. The maximum atomic E-state index is 6.18. The van der Waals surface area contributed by atoms with Crippen molar-refractivity contribution < 1.29 is 4.74 Å². The zero-order valence-corrected chi connectivity index (χ0v) is 9.80. The lowest BCUT2D eigenvalue weighted by atomic mass is 10.00. The van der Waals surface area contributed by atoms with Gasteiger partial charge in [-0.1, -0.05) is 22.0 Å². The van der Waals surface area contributed by atoms with E-state index in [9.17, 15) is 0 Å². The molecule has 1 aromatic carbocycles. The summed E-state index contributed by atoms with van der Waals surface area (Å²) in [4.78, 5) is 0. The van der Waals surface area contributed by atoms with E-state index in [1.54, 1.807) is 7.11 Å². The Bertz CT molecular complexity index is 347. The Morgan fingerprint density at radius 2 is 2.21 bits per heavy atom. The topological polar surface area (TPSA) is 35.2 Å². The van der Waals surface area contributed by atoms with Crippen LogP contribution >= 0.6 is 15.9 Å². The summed E-state index contributed by atoms with van der Waals surface area (Å²) in [6.45, 7) is 0.633. The molecule has 0 bridgehead atoms. The molecule has 76 valence electrons. The highest BCUT2D eigenvalue weighted by atomic mass is 79.9. The van der Waals surface area contributed by atoms with Crippen molar-refractivity contribution in [3.8, 4) is 0 Å². The molecule has 0 aromatic heterocycles. The van der Waals surface area contributed by atoms with Crippen LogP contribution in [0.4, 0.5) is 0 Å². The standard InChI is InChI=1S/C11H14BrNO/c1-14-7-8-6-9(12)2-3-10(8)11(13)4-5-11/h2-3,6H,4-5,7,13H2,1H3. The fraction of sp³-hybridized carbons (Fsp3) is 0.455. The highest BCUT2D eigenvalue weighted by Crippen LogP contribution is 2.44. The highest BCUT2D eigenvalue weighted by Gasteiger charge is 2.41. The average molecular weight is 256 g/mol. The Morgan fingerprint density at radius 1 is 1.50 bits per heavy atom. The maximum Gasteiger partial charge on any atom is 0.0716 e. The molecule has 0 unspecified atom stereocenters. The van der Waals surface area contributed by atoms with Crippen LogP contribution in [0.5, 0.6) is 0 Å². The SMILES string of the molecule is COCc1cc(Br)ccc1C1(N)CC1. The number of rotatable bonds is 3. The second-order valence-corrected chi connectivity index (χ2v) is 4.81. The van der Waals surface area contributed by atoms with Crippen LogP contribution in [0.15, 0.2) is 22.7 Å². The molecule has 1 aromatic rings. The normalized spacial score (nSPS) is 18.2. The molecule has 0 heterocycles. The Balaban J connectivity index is 2.37. The summed E-state index contributed by atoms with van der Waals surface area (Å²) in [6.07, 6.45) is 2.18. The Kier molecular flexibility index (Phi) is 2.64. The van der Waals surface area contributed by atoms with E-state index in [1.807, 2.05) is 6.07 Å². The van der Waals surface area contributed by atoms with Crippen molar-refractivity contribution in [2.45, 2.75) is 25.0 Å². The Morgan fingerprint density at radius 3 is 2.79 bits per heavy atom. The van der Waals surface area contributed by atoms with Crippen molar-refractivity contribution in [2.24, 2.45) is 5.73 Å². The van der Waals surface area contributed by atoms with E-state index >= 15 is 0 Å². The molecule has 2 N–H and O–H groups in total. The Labute approximate surface area is 92.6 Å². The van der Waals surface area contributed by atoms with Crippen molar-refractivity contribution in [3.63, 3.8) is 0 Å². The van der Waals surface area contributed by atoms with Gasteiger partial charge in [0.15, 0.2) is 0 Å². The van der Waals surface area contributed by atoms with Crippen molar-refractivity contribution in [3.05, 3.63) is 33.8 Å². The van der Waals surface area contributed by atoms with E-state index in [4.69, 9.17) is 10.5 Å². The van der Waals surface area contributed by atoms with E-state index in [2.05, 4.69) is 28.1 Å². The summed E-state index contributed by atoms with van der Waals surface area (Å²) in [5.41, 5.74) is 8.54. The predicted molar refractivity (Wildman–Crippen MR) is 60.0 cm³/mol. The van der Waals surface area contributed by atoms with E-state index in [0.29, 0.717) is 6.61 Å². The van der Waals surface area contributed by atoms with E-state index < -0.39 is 0 Å². The summed E-state index contributed by atoms with van der Waals surface area (Å²) in [6, 6.07) is 6.23. The fourth-order valence-electron chi connectivity index (χ4n) is 1.73. The first-order valence-corrected chi connectivity index (χ1v) is 5.52. The summed E-state index contributed by atoms with van der Waals surface area (Å²) >= 11 is 3.46. The molecule has 0 saturated heterocycles. The monoisotopic (exact) mass is 255 g/mol. The van der Waals surface area contributed by atoms with Gasteiger partial charge in [-0.3, -0.25) is 0 Å². The van der Waals surface area contributed by atoms with Crippen LogP contribution < -0.4 is 5.73 Å². The third-order valence-electron chi connectivity index (χ3n) is 2.69. The first kappa shape index (κ1) is 10.1. The second kappa shape index (κ2) is 3.65. The molecule has 1 aliphatic rings.